The summed E-state index contributed by atoms with van der Waals surface area (Å²) in [6.45, 7) is 28.9. The molecule has 1 atom stereocenters. The number of anilines is 8. The van der Waals surface area contributed by atoms with E-state index in [2.05, 4.69) is 420 Å². The van der Waals surface area contributed by atoms with Crippen LogP contribution in [0.1, 0.15) is 89.2 Å². The first-order valence-electron chi connectivity index (χ1n) is 36.8. The fourth-order valence-electron chi connectivity index (χ4n) is 15.7. The number of aromatic nitrogens is 2. The molecule has 0 N–H and O–H groups in total. The van der Waals surface area contributed by atoms with Crippen molar-refractivity contribution in [3.05, 3.63) is 431 Å². The minimum Gasteiger partial charge on any atom is -0.316 e. The van der Waals surface area contributed by atoms with Crippen LogP contribution in [0.2, 0.25) is 0 Å². The number of para-hydroxylation sites is 2. The molecule has 12 aromatic carbocycles. The minimum atomic E-state index is 0.161. The Hall–Kier alpha value is -12.6. The van der Waals surface area contributed by atoms with Crippen molar-refractivity contribution in [2.24, 2.45) is 20.0 Å². The summed E-state index contributed by atoms with van der Waals surface area (Å²) in [4.78, 5) is 9.31. The van der Waals surface area contributed by atoms with E-state index < -0.39 is 0 Å². The van der Waals surface area contributed by atoms with Crippen LogP contribution in [0.25, 0.3) is 44.3 Å². The van der Waals surface area contributed by atoms with Gasteiger partial charge in [-0.1, -0.05) is 169 Å². The average Bonchev–Trinajstić information content (AvgIpc) is 1.59. The highest BCUT2D eigenvalue weighted by atomic mass is 15.2. The molecule has 1 aliphatic rings. The quantitative estimate of drug-likeness (QED) is 0.0470. The number of benzene rings is 12. The van der Waals surface area contributed by atoms with E-state index in [0.29, 0.717) is 6.42 Å². The summed E-state index contributed by atoms with van der Waals surface area (Å²) >= 11 is 0. The lowest BCUT2D eigenvalue weighted by atomic mass is 9.82. The summed E-state index contributed by atoms with van der Waals surface area (Å²) in [6.07, 6.45) is 6.41. The van der Waals surface area contributed by atoms with Crippen molar-refractivity contribution in [3.8, 4) is 22.5 Å². The lowest BCUT2D eigenvalue weighted by Crippen LogP contribution is -2.26. The molecular formula is C100H90N6+2. The number of hydrogen-bond donors (Lipinski definition) is 0. The summed E-state index contributed by atoms with van der Waals surface area (Å²) in [5.41, 5.74) is 32.5. The van der Waals surface area contributed by atoms with Gasteiger partial charge in [0.05, 0.1) is 89.8 Å². The van der Waals surface area contributed by atoms with Crippen LogP contribution in [0.5, 0.6) is 0 Å². The van der Waals surface area contributed by atoms with Gasteiger partial charge in [0, 0.05) is 83.1 Å². The van der Waals surface area contributed by atoms with E-state index in [0.717, 1.165) is 126 Å². The van der Waals surface area contributed by atoms with Gasteiger partial charge in [0.1, 0.15) is 11.4 Å². The highest BCUT2D eigenvalue weighted by molar-refractivity contribution is 5.98. The van der Waals surface area contributed by atoms with E-state index in [1.165, 1.54) is 66.5 Å². The van der Waals surface area contributed by atoms with Gasteiger partial charge < -0.3 is 28.7 Å². The zero-order valence-corrected chi connectivity index (χ0v) is 62.3. The zero-order chi connectivity index (χ0) is 73.3. The molecule has 2 aromatic heterocycles. The smallest absolute Gasteiger partial charge is 0.103 e. The summed E-state index contributed by atoms with van der Waals surface area (Å²) in [6, 6.07) is 111. The predicted molar refractivity (Wildman–Crippen MR) is 450 cm³/mol. The molecule has 1 unspecified atom stereocenters. The third kappa shape index (κ3) is 13.6. The molecule has 2 heterocycles. The Labute approximate surface area is 627 Å². The first-order valence-corrected chi connectivity index (χ1v) is 36.8. The highest BCUT2D eigenvalue weighted by Gasteiger charge is 2.36. The zero-order valence-electron chi connectivity index (χ0n) is 62.3. The largest absolute Gasteiger partial charge is 0.316 e. The Morgan fingerprint density at radius 1 is 0.358 bits per heavy atom. The lowest BCUT2D eigenvalue weighted by Gasteiger charge is -2.36. The van der Waals surface area contributed by atoms with Crippen molar-refractivity contribution >= 4 is 67.3 Å². The van der Waals surface area contributed by atoms with Crippen LogP contribution in [-0.4, -0.2) is 9.13 Å². The van der Waals surface area contributed by atoms with Gasteiger partial charge in [0.15, 0.2) is 0 Å². The van der Waals surface area contributed by atoms with E-state index >= 15 is 0 Å². The number of nitrogens with zero attached hydrogens (tertiary/aromatic N) is 6. The van der Waals surface area contributed by atoms with Crippen LogP contribution in [-0.2, 0) is 14.1 Å². The normalized spacial score (nSPS) is 12.7. The van der Waals surface area contributed by atoms with Crippen LogP contribution >= 0.6 is 0 Å². The van der Waals surface area contributed by atoms with Crippen LogP contribution < -0.4 is 19.6 Å². The Bertz CT molecular complexity index is 5580. The molecule has 106 heavy (non-hydrogen) atoms. The van der Waals surface area contributed by atoms with Gasteiger partial charge in [-0.05, 0) is 249 Å². The molecule has 0 saturated carbocycles. The van der Waals surface area contributed by atoms with E-state index in [1.807, 2.05) is 0 Å². The van der Waals surface area contributed by atoms with Crippen LogP contribution in [0.4, 0.5) is 45.5 Å². The summed E-state index contributed by atoms with van der Waals surface area (Å²) < 4.78 is 4.73. The van der Waals surface area contributed by atoms with Crippen molar-refractivity contribution in [2.45, 2.75) is 61.3 Å². The molecule has 0 radical (unpaired) electrons. The van der Waals surface area contributed by atoms with Gasteiger partial charge in [-0.15, -0.1) is 0 Å². The van der Waals surface area contributed by atoms with Gasteiger partial charge in [-0.2, -0.15) is 0 Å². The maximum Gasteiger partial charge on any atom is 0.103 e. The number of aryl methyl sites for hydroxylation is 6. The van der Waals surface area contributed by atoms with E-state index in [9.17, 15) is 0 Å². The van der Waals surface area contributed by atoms with Gasteiger partial charge in [0.25, 0.3) is 0 Å². The van der Waals surface area contributed by atoms with Gasteiger partial charge in [0.2, 0.25) is 0 Å². The topological polar surface area (TPSA) is 22.8 Å². The third-order valence-corrected chi connectivity index (χ3v) is 20.9. The molecule has 15 rings (SSSR count). The number of fused-ring (bicyclic) bond motifs is 2. The molecule has 518 valence electrons. The van der Waals surface area contributed by atoms with Gasteiger partial charge in [-0.25, -0.2) is 0 Å². The number of rotatable bonds is 23. The first-order chi connectivity index (χ1) is 51.5. The molecule has 6 nitrogen and oxygen atoms in total. The molecule has 0 fully saturated rings. The van der Waals surface area contributed by atoms with Gasteiger partial charge >= 0.3 is 0 Å². The van der Waals surface area contributed by atoms with E-state index in [4.69, 9.17) is 6.58 Å². The second-order valence-corrected chi connectivity index (χ2v) is 28.6. The highest BCUT2D eigenvalue weighted by Crippen LogP contribution is 2.49. The Balaban J connectivity index is 0.824. The monoisotopic (exact) mass is 1370 g/mol. The minimum absolute atomic E-state index is 0.161. The number of hydrogen-bond acceptors (Lipinski definition) is 4. The van der Waals surface area contributed by atoms with Crippen LogP contribution in [0.3, 0.4) is 0 Å². The summed E-state index contributed by atoms with van der Waals surface area (Å²) in [5, 5.41) is 2.38. The fraction of sp³-hybridized carbons (Fsp3) is 0.120. The van der Waals surface area contributed by atoms with Crippen molar-refractivity contribution in [1.29, 1.82) is 0 Å². The third-order valence-electron chi connectivity index (χ3n) is 20.9. The predicted octanol–water partition coefficient (Wildman–Crippen LogP) is 26.3. The Morgan fingerprint density at radius 2 is 0.632 bits per heavy atom. The second-order valence-electron chi connectivity index (χ2n) is 28.6. The van der Waals surface area contributed by atoms with Gasteiger partial charge in [-0.3, -0.25) is 0 Å². The SMILES string of the molecule is C=C(C)N(c1ccc(C)cc1)c1ccc([C+](c2ccc(N(C(=C)C/C=C(\C3C=C(C)C3)N(c3ccc(C)cc3)c3ccc([C+](c4ccc(N(C(=C)C)c5ccc(C)cc5)cc4)c4c(-c5ccccc5)n(C)c5ccccc45)cc3)c3ccc(C)cc3)cc2)c2c(-c3ccccc3)n(C)c3ccccc23)cc1. The fourth-order valence-corrected chi connectivity index (χ4v) is 15.7. The molecular weight excluding hydrogens is 1290 g/mol. The van der Waals surface area contributed by atoms with E-state index in [1.54, 1.807) is 0 Å². The maximum absolute atomic E-state index is 5.03. The molecule has 1 aliphatic carbocycles. The molecule has 0 amide bonds. The van der Waals surface area contributed by atoms with E-state index in [-0.39, 0.29) is 5.92 Å². The summed E-state index contributed by atoms with van der Waals surface area (Å²) in [7, 11) is 4.40. The van der Waals surface area contributed by atoms with Crippen molar-refractivity contribution in [3.63, 3.8) is 0 Å². The standard InChI is InChI=1S/C100H90N6/c1-67(2)103(82-48-31-69(5)32-49-82)84-56-40-75(41-57-84)95(97-90-27-19-21-29-93(90)101(11)99(97)79-23-15-13-16-24-79)77-44-60-87(61-45-77)105(86-52-35-71(7)36-53-86)74(10)39-64-92(81-65-73(9)66-81)106(88-54-37-72(8)38-55-88)89-62-46-78(47-63-89)96(76-42-58-85(59-43-76)104(68(3)4)83-50-33-70(6)34-51-83)98-91-28-20-22-30-94(91)102(12)100(98)80-25-17-14-18-26-80/h13-38,40-65,81H,1,3,10,39,66H2,2,4-9,11-12H3/q+2/b92-64+. The second kappa shape index (κ2) is 29.6. The number of allylic oxidation sites excluding steroid dienone is 5. The van der Waals surface area contributed by atoms with Crippen molar-refractivity contribution in [1.82, 2.24) is 9.13 Å². The van der Waals surface area contributed by atoms with Crippen molar-refractivity contribution in [2.75, 3.05) is 19.6 Å². The molecule has 0 bridgehead atoms. The van der Waals surface area contributed by atoms with Crippen LogP contribution in [0, 0.1) is 45.4 Å². The Kier molecular flexibility index (Phi) is 19.3. The summed E-state index contributed by atoms with van der Waals surface area (Å²) in [5.74, 6) is 2.46. The molecule has 0 saturated heterocycles. The molecule has 0 spiro atoms. The molecule has 0 aliphatic heterocycles. The average molecular weight is 1380 g/mol. The van der Waals surface area contributed by atoms with Crippen LogP contribution in [0.15, 0.2) is 364 Å². The molecule has 14 aromatic rings. The first kappa shape index (κ1) is 69.1. The Morgan fingerprint density at radius 3 is 0.934 bits per heavy atom. The maximum atomic E-state index is 5.03. The van der Waals surface area contributed by atoms with Crippen molar-refractivity contribution < 1.29 is 0 Å². The molecule has 6 heteroatoms. The lowest BCUT2D eigenvalue weighted by molar-refractivity contribution is 0.650.